The van der Waals surface area contributed by atoms with Crippen LogP contribution in [0, 0.1) is 5.92 Å². The van der Waals surface area contributed by atoms with E-state index in [0.29, 0.717) is 6.42 Å². The van der Waals surface area contributed by atoms with Gasteiger partial charge in [-0.3, -0.25) is 4.79 Å². The van der Waals surface area contributed by atoms with E-state index >= 15 is 0 Å². The molecule has 0 saturated carbocycles. The first kappa shape index (κ1) is 10.9. The Morgan fingerprint density at radius 3 is 2.44 bits per heavy atom. The van der Waals surface area contributed by atoms with Crippen molar-refractivity contribution in [1.29, 1.82) is 0 Å². The second-order valence-electron chi connectivity index (χ2n) is 4.30. The van der Waals surface area contributed by atoms with Gasteiger partial charge in [-0.05, 0) is 26.0 Å². The fraction of sp³-hybridized carbons (Fsp3) is 0.385. The molecule has 1 saturated heterocycles. The van der Waals surface area contributed by atoms with Crippen molar-refractivity contribution in [2.24, 2.45) is 5.92 Å². The summed E-state index contributed by atoms with van der Waals surface area (Å²) in [6.45, 7) is 3.52. The van der Waals surface area contributed by atoms with Gasteiger partial charge < -0.3 is 9.69 Å². The molecule has 1 aromatic carbocycles. The molecule has 1 aliphatic rings. The minimum absolute atomic E-state index is 0.0638. The molecule has 0 N–H and O–H groups in total. The van der Waals surface area contributed by atoms with E-state index in [1.807, 2.05) is 37.3 Å². The van der Waals surface area contributed by atoms with Gasteiger partial charge in [0.15, 0.2) is 0 Å². The second kappa shape index (κ2) is 4.08. The van der Waals surface area contributed by atoms with Gasteiger partial charge in [-0.2, -0.15) is 0 Å². The smallest absolute Gasteiger partial charge is 0.232 e. The normalized spacial score (nSPS) is 24.1. The number of hydrogen-bond donors (Lipinski definition) is 0. The number of rotatable bonds is 3. The number of amides is 1. The molecule has 1 aliphatic heterocycles. The van der Waals surface area contributed by atoms with Crippen LogP contribution in [0.2, 0.25) is 0 Å². The van der Waals surface area contributed by atoms with E-state index in [0.717, 1.165) is 5.69 Å². The van der Waals surface area contributed by atoms with Crippen LogP contribution < -0.4 is 4.90 Å². The zero-order valence-corrected chi connectivity index (χ0v) is 9.51. The topological polar surface area (TPSA) is 37.4 Å². The van der Waals surface area contributed by atoms with E-state index in [9.17, 15) is 9.59 Å². The molecule has 16 heavy (non-hydrogen) atoms. The van der Waals surface area contributed by atoms with Crippen molar-refractivity contribution in [2.45, 2.75) is 26.3 Å². The van der Waals surface area contributed by atoms with E-state index in [4.69, 9.17) is 0 Å². The fourth-order valence-electron chi connectivity index (χ4n) is 2.20. The average molecular weight is 217 g/mol. The standard InChI is InChI=1S/C13H15NO2/c1-9(15)8-12-10(2)14(13(12)16)11-6-4-3-5-7-11/h3-7,10,12H,8H2,1-2H3/t10-,12-/m0/s1. The highest BCUT2D eigenvalue weighted by Crippen LogP contribution is 2.34. The van der Waals surface area contributed by atoms with Gasteiger partial charge >= 0.3 is 0 Å². The summed E-state index contributed by atoms with van der Waals surface area (Å²) >= 11 is 0. The quantitative estimate of drug-likeness (QED) is 0.726. The number of carbonyl (C=O) groups is 2. The van der Waals surface area contributed by atoms with Gasteiger partial charge in [0.05, 0.1) is 5.92 Å². The van der Waals surface area contributed by atoms with Gasteiger partial charge in [0.1, 0.15) is 5.78 Å². The number of nitrogens with zero attached hydrogens (tertiary/aromatic N) is 1. The lowest BCUT2D eigenvalue weighted by Gasteiger charge is -2.45. The van der Waals surface area contributed by atoms with Gasteiger partial charge in [-0.1, -0.05) is 18.2 Å². The molecule has 0 aromatic heterocycles. The molecule has 0 unspecified atom stereocenters. The molecule has 1 heterocycles. The Morgan fingerprint density at radius 1 is 1.31 bits per heavy atom. The highest BCUT2D eigenvalue weighted by Gasteiger charge is 2.45. The van der Waals surface area contributed by atoms with Crippen LogP contribution in [0.1, 0.15) is 20.3 Å². The molecule has 1 fully saturated rings. The van der Waals surface area contributed by atoms with E-state index in [1.54, 1.807) is 4.90 Å². The lowest BCUT2D eigenvalue weighted by molar-refractivity contribution is -0.133. The van der Waals surface area contributed by atoms with Crippen LogP contribution in [0.15, 0.2) is 30.3 Å². The van der Waals surface area contributed by atoms with Crippen molar-refractivity contribution in [3.63, 3.8) is 0 Å². The highest BCUT2D eigenvalue weighted by molar-refractivity contribution is 6.04. The highest BCUT2D eigenvalue weighted by atomic mass is 16.2. The number of β-lactam (4-membered cyclic amide) rings is 1. The third kappa shape index (κ3) is 1.73. The van der Waals surface area contributed by atoms with Crippen LogP contribution >= 0.6 is 0 Å². The first-order chi connectivity index (χ1) is 7.61. The molecule has 1 aromatic rings. The predicted molar refractivity (Wildman–Crippen MR) is 62.2 cm³/mol. The maximum atomic E-state index is 11.9. The number of benzene rings is 1. The largest absolute Gasteiger partial charge is 0.309 e. The van der Waals surface area contributed by atoms with Crippen molar-refractivity contribution in [3.8, 4) is 0 Å². The van der Waals surface area contributed by atoms with E-state index in [-0.39, 0.29) is 23.7 Å². The Morgan fingerprint density at radius 2 is 1.94 bits per heavy atom. The summed E-state index contributed by atoms with van der Waals surface area (Å²) in [6, 6.07) is 9.70. The molecule has 0 radical (unpaired) electrons. The van der Waals surface area contributed by atoms with E-state index < -0.39 is 0 Å². The van der Waals surface area contributed by atoms with Crippen LogP contribution in [-0.2, 0) is 9.59 Å². The van der Waals surface area contributed by atoms with Crippen molar-refractivity contribution >= 4 is 17.4 Å². The summed E-state index contributed by atoms with van der Waals surface area (Å²) < 4.78 is 0. The summed E-state index contributed by atoms with van der Waals surface area (Å²) in [5.74, 6) is 0.0181. The monoisotopic (exact) mass is 217 g/mol. The van der Waals surface area contributed by atoms with Gasteiger partial charge in [-0.25, -0.2) is 0 Å². The van der Waals surface area contributed by atoms with E-state index in [2.05, 4.69) is 0 Å². The predicted octanol–water partition coefficient (Wildman–Crippen LogP) is 2.02. The molecule has 2 rings (SSSR count). The van der Waals surface area contributed by atoms with Gasteiger partial charge in [0, 0.05) is 18.2 Å². The molecule has 2 atom stereocenters. The first-order valence-corrected chi connectivity index (χ1v) is 5.49. The Hall–Kier alpha value is -1.64. The zero-order chi connectivity index (χ0) is 11.7. The third-order valence-corrected chi connectivity index (χ3v) is 3.09. The molecular weight excluding hydrogens is 202 g/mol. The lowest BCUT2D eigenvalue weighted by atomic mass is 9.84. The number of Topliss-reactive ketones (excluding diaryl/α,β-unsaturated/α-hetero) is 1. The minimum atomic E-state index is -0.127. The number of carbonyl (C=O) groups excluding carboxylic acids is 2. The number of anilines is 1. The number of ketones is 1. The summed E-state index contributed by atoms with van der Waals surface area (Å²) in [5.41, 5.74) is 0.916. The maximum Gasteiger partial charge on any atom is 0.232 e. The average Bonchev–Trinajstić information content (AvgIpc) is 2.28. The Labute approximate surface area is 95.1 Å². The Kier molecular flexibility index (Phi) is 2.77. The molecule has 1 amide bonds. The summed E-state index contributed by atoms with van der Waals surface area (Å²) in [6.07, 6.45) is 0.364. The van der Waals surface area contributed by atoms with Crippen LogP contribution in [0.4, 0.5) is 5.69 Å². The maximum absolute atomic E-state index is 11.9. The van der Waals surface area contributed by atoms with E-state index in [1.165, 1.54) is 6.92 Å². The Balaban J connectivity index is 2.12. The summed E-state index contributed by atoms with van der Waals surface area (Å²) in [5, 5.41) is 0. The summed E-state index contributed by atoms with van der Waals surface area (Å²) in [4.78, 5) is 24.6. The summed E-state index contributed by atoms with van der Waals surface area (Å²) in [7, 11) is 0. The Bertz CT molecular complexity index is 413. The second-order valence-corrected chi connectivity index (χ2v) is 4.30. The number of hydrogen-bond acceptors (Lipinski definition) is 2. The van der Waals surface area contributed by atoms with Crippen LogP contribution in [0.5, 0.6) is 0 Å². The molecule has 0 aliphatic carbocycles. The van der Waals surface area contributed by atoms with Crippen LogP contribution in [0.3, 0.4) is 0 Å². The van der Waals surface area contributed by atoms with Gasteiger partial charge in [0.2, 0.25) is 5.91 Å². The van der Waals surface area contributed by atoms with Crippen molar-refractivity contribution in [1.82, 2.24) is 0 Å². The van der Waals surface area contributed by atoms with Crippen LogP contribution in [0.25, 0.3) is 0 Å². The van der Waals surface area contributed by atoms with Crippen molar-refractivity contribution in [3.05, 3.63) is 30.3 Å². The fourth-order valence-corrected chi connectivity index (χ4v) is 2.20. The van der Waals surface area contributed by atoms with Crippen LogP contribution in [-0.4, -0.2) is 17.7 Å². The molecular formula is C13H15NO2. The first-order valence-electron chi connectivity index (χ1n) is 5.49. The van der Waals surface area contributed by atoms with Gasteiger partial charge in [-0.15, -0.1) is 0 Å². The lowest BCUT2D eigenvalue weighted by Crippen LogP contribution is -2.60. The minimum Gasteiger partial charge on any atom is -0.309 e. The SMILES string of the molecule is CC(=O)C[C@@H]1C(=O)N(c2ccccc2)[C@H]1C. The van der Waals surface area contributed by atoms with Gasteiger partial charge in [0.25, 0.3) is 0 Å². The molecule has 0 spiro atoms. The van der Waals surface area contributed by atoms with Crippen molar-refractivity contribution in [2.75, 3.05) is 4.90 Å². The molecule has 3 heteroatoms. The molecule has 3 nitrogen and oxygen atoms in total. The zero-order valence-electron chi connectivity index (χ0n) is 9.51. The molecule has 84 valence electrons. The number of para-hydroxylation sites is 1. The molecule has 0 bridgehead atoms. The van der Waals surface area contributed by atoms with Crippen molar-refractivity contribution < 1.29 is 9.59 Å². The third-order valence-electron chi connectivity index (χ3n) is 3.09.